The van der Waals surface area contributed by atoms with Crippen LogP contribution in [0.15, 0.2) is 158 Å². The third kappa shape index (κ3) is 3.64. The summed E-state index contributed by atoms with van der Waals surface area (Å²) in [7, 11) is -2.79. The van der Waals surface area contributed by atoms with Gasteiger partial charge in [-0.15, -0.1) is 11.3 Å². The zero-order valence-electron chi connectivity index (χ0n) is 29.9. The molecule has 0 saturated carbocycles. The largest absolute Gasteiger partial charge is 0.367 e. The molecule has 0 unspecified atom stereocenters. The maximum Gasteiger partial charge on any atom is 0.333 e. The Hall–Kier alpha value is -5.62. The van der Waals surface area contributed by atoms with E-state index in [1.54, 1.807) is 0 Å². The average Bonchev–Trinajstić information content (AvgIpc) is 3.73. The number of nitrogens with zero attached hydrogens (tertiary/aromatic N) is 2. The van der Waals surface area contributed by atoms with Crippen LogP contribution in [0.4, 0.5) is 17.1 Å². The summed E-state index contributed by atoms with van der Waals surface area (Å²) in [4.78, 5) is 4.05. The summed E-state index contributed by atoms with van der Waals surface area (Å²) in [6, 6.07) is 60.6. The number of fused-ring (bicyclic) bond motifs is 11. The molecular formula is C48H35BN2SSi. The molecule has 2 aromatic heterocycles. The molecule has 0 N–H and O–H groups in total. The standard InChI is InChI=1S/C48H35BN2SSi/c1-48(2,3)30-28-36-33-21-14-22-35-43-34-20-10-12-25-40(34)52-47(43)51(45(33)35)49-37-23-15-27-42-46(37)50(39(29-30)44(36)49)38-24-11-13-26-41(38)53(42,31-16-6-4-7-17-31)32-18-8-5-9-19-32/h4-29H,1-3H3. The van der Waals surface area contributed by atoms with Crippen molar-refractivity contribution < 1.29 is 0 Å². The Balaban J connectivity index is 1.30. The van der Waals surface area contributed by atoms with Crippen LogP contribution in [0.2, 0.25) is 0 Å². The van der Waals surface area contributed by atoms with E-state index >= 15 is 0 Å². The number of benzene rings is 7. The molecule has 53 heavy (non-hydrogen) atoms. The number of hydrogen-bond donors (Lipinski definition) is 0. The second kappa shape index (κ2) is 10.3. The second-order valence-electron chi connectivity index (χ2n) is 16.0. The first-order chi connectivity index (χ1) is 26.0. The number of para-hydroxylation sites is 3. The summed E-state index contributed by atoms with van der Waals surface area (Å²) >= 11 is 1.95. The van der Waals surface area contributed by atoms with Gasteiger partial charge in [-0.3, -0.25) is 0 Å². The monoisotopic (exact) mass is 710 g/mol. The van der Waals surface area contributed by atoms with Crippen molar-refractivity contribution in [2.75, 3.05) is 4.90 Å². The average molecular weight is 711 g/mol. The lowest BCUT2D eigenvalue weighted by Gasteiger charge is -2.50. The normalized spacial score (nSPS) is 14.8. The first-order valence-corrected chi connectivity index (χ1v) is 21.5. The summed E-state index contributed by atoms with van der Waals surface area (Å²) < 4.78 is 4.10. The quantitative estimate of drug-likeness (QED) is 0.164. The molecule has 5 heterocycles. The number of hydrogen-bond acceptors (Lipinski definition) is 2. The molecule has 0 spiro atoms. The third-order valence-electron chi connectivity index (χ3n) is 12.4. The highest BCUT2D eigenvalue weighted by Gasteiger charge is 2.53. The van der Waals surface area contributed by atoms with Crippen molar-refractivity contribution in [2.45, 2.75) is 26.2 Å². The van der Waals surface area contributed by atoms with E-state index in [0.29, 0.717) is 0 Å². The van der Waals surface area contributed by atoms with E-state index in [-0.39, 0.29) is 12.3 Å². The minimum Gasteiger partial charge on any atom is -0.367 e. The van der Waals surface area contributed by atoms with Crippen LogP contribution in [0.1, 0.15) is 26.3 Å². The van der Waals surface area contributed by atoms with Gasteiger partial charge in [0.1, 0.15) is 0 Å². The van der Waals surface area contributed by atoms with Crippen molar-refractivity contribution in [3.05, 3.63) is 163 Å². The molecule has 12 rings (SSSR count). The van der Waals surface area contributed by atoms with Crippen LogP contribution < -0.4 is 36.6 Å². The van der Waals surface area contributed by atoms with E-state index in [9.17, 15) is 0 Å². The van der Waals surface area contributed by atoms with Gasteiger partial charge in [-0.2, -0.15) is 0 Å². The number of thiophene rings is 1. The zero-order chi connectivity index (χ0) is 35.2. The highest BCUT2D eigenvalue weighted by molar-refractivity contribution is 7.26. The molecule has 7 aromatic carbocycles. The Labute approximate surface area is 314 Å². The van der Waals surface area contributed by atoms with Crippen LogP contribution in [-0.4, -0.2) is 19.4 Å². The molecule has 0 amide bonds. The number of anilines is 3. The predicted octanol–water partition coefficient (Wildman–Crippen LogP) is 8.42. The summed E-state index contributed by atoms with van der Waals surface area (Å²) in [5.41, 5.74) is 12.2. The van der Waals surface area contributed by atoms with Gasteiger partial charge in [0, 0.05) is 49.0 Å². The van der Waals surface area contributed by atoms with Gasteiger partial charge in [0.2, 0.25) is 0 Å². The van der Waals surface area contributed by atoms with Gasteiger partial charge >= 0.3 is 6.85 Å². The lowest BCUT2D eigenvalue weighted by molar-refractivity contribution is 0.590. The molecule has 0 fully saturated rings. The minimum absolute atomic E-state index is 0.0340. The van der Waals surface area contributed by atoms with E-state index in [0.717, 1.165) is 0 Å². The molecular weight excluding hydrogens is 676 g/mol. The Morgan fingerprint density at radius 2 is 1.25 bits per heavy atom. The topological polar surface area (TPSA) is 8.17 Å². The Bertz CT molecular complexity index is 2970. The SMILES string of the molecule is CC(C)(C)c1cc2c3c(c1)N1c4ccccc4[Si](c4ccccc4)(c4ccccc4)c4cccc(c41)B3n1c3sc4ccccc4c3c3cccc-2c31. The van der Waals surface area contributed by atoms with Crippen molar-refractivity contribution in [3.63, 3.8) is 0 Å². The van der Waals surface area contributed by atoms with Gasteiger partial charge in [0.25, 0.3) is 0 Å². The Morgan fingerprint density at radius 3 is 2.02 bits per heavy atom. The lowest BCUT2D eigenvalue weighted by atomic mass is 9.45. The molecule has 5 heteroatoms. The van der Waals surface area contributed by atoms with Crippen molar-refractivity contribution in [3.8, 4) is 11.1 Å². The fraction of sp³-hybridized carbons (Fsp3) is 0.0833. The van der Waals surface area contributed by atoms with Gasteiger partial charge in [-0.05, 0) is 66.4 Å². The van der Waals surface area contributed by atoms with Crippen molar-refractivity contribution >= 4 is 106 Å². The van der Waals surface area contributed by atoms with Crippen LogP contribution in [0, 0.1) is 0 Å². The predicted molar refractivity (Wildman–Crippen MR) is 231 cm³/mol. The van der Waals surface area contributed by atoms with E-state index in [4.69, 9.17) is 0 Å². The number of rotatable bonds is 2. The van der Waals surface area contributed by atoms with Gasteiger partial charge in [-0.1, -0.05) is 160 Å². The zero-order valence-corrected chi connectivity index (χ0v) is 31.7. The van der Waals surface area contributed by atoms with Crippen molar-refractivity contribution in [2.24, 2.45) is 0 Å². The molecule has 3 aliphatic rings. The van der Waals surface area contributed by atoms with E-state index in [2.05, 4.69) is 188 Å². The molecule has 3 aliphatic heterocycles. The summed E-state index contributed by atoms with van der Waals surface area (Å²) in [5, 5.41) is 9.87. The first kappa shape index (κ1) is 29.9. The van der Waals surface area contributed by atoms with Crippen LogP contribution in [0.25, 0.3) is 42.3 Å². The van der Waals surface area contributed by atoms with Crippen LogP contribution >= 0.6 is 11.3 Å². The van der Waals surface area contributed by atoms with Crippen molar-refractivity contribution in [1.82, 2.24) is 4.48 Å². The fourth-order valence-electron chi connectivity index (χ4n) is 10.2. The highest BCUT2D eigenvalue weighted by Crippen LogP contribution is 2.50. The Morgan fingerprint density at radius 1 is 0.585 bits per heavy atom. The molecule has 0 atom stereocenters. The van der Waals surface area contributed by atoms with Gasteiger partial charge < -0.3 is 9.38 Å². The molecule has 0 aliphatic carbocycles. The van der Waals surface area contributed by atoms with Crippen LogP contribution in [0.3, 0.4) is 0 Å². The third-order valence-corrected chi connectivity index (χ3v) is 18.4. The fourth-order valence-corrected chi connectivity index (χ4v) is 16.6. The summed E-state index contributed by atoms with van der Waals surface area (Å²) in [6.45, 7) is 7.12. The maximum absolute atomic E-state index is 2.79. The maximum atomic E-state index is 2.75. The molecule has 250 valence electrons. The molecule has 0 saturated heterocycles. The summed E-state index contributed by atoms with van der Waals surface area (Å²) in [6.07, 6.45) is 0. The van der Waals surface area contributed by atoms with E-state index in [1.165, 1.54) is 96.6 Å². The van der Waals surface area contributed by atoms with E-state index < -0.39 is 8.07 Å². The summed E-state index contributed by atoms with van der Waals surface area (Å²) in [5.74, 6) is 0. The van der Waals surface area contributed by atoms with Gasteiger partial charge in [0.15, 0.2) is 8.07 Å². The Kier molecular flexibility index (Phi) is 5.80. The first-order valence-electron chi connectivity index (χ1n) is 18.7. The molecule has 0 bridgehead atoms. The molecule has 0 radical (unpaired) electrons. The lowest BCUT2D eigenvalue weighted by Crippen LogP contribution is -2.78. The van der Waals surface area contributed by atoms with Crippen LogP contribution in [0.5, 0.6) is 0 Å². The van der Waals surface area contributed by atoms with Crippen molar-refractivity contribution in [1.29, 1.82) is 0 Å². The second-order valence-corrected chi connectivity index (χ2v) is 20.8. The molecule has 2 nitrogen and oxygen atoms in total. The van der Waals surface area contributed by atoms with Gasteiger partial charge in [0.05, 0.1) is 4.83 Å². The smallest absolute Gasteiger partial charge is 0.333 e. The van der Waals surface area contributed by atoms with E-state index in [1.807, 2.05) is 11.3 Å². The van der Waals surface area contributed by atoms with Gasteiger partial charge in [-0.25, -0.2) is 0 Å². The molecule has 9 aromatic rings. The highest BCUT2D eigenvalue weighted by atomic mass is 32.1. The van der Waals surface area contributed by atoms with Crippen LogP contribution in [-0.2, 0) is 5.41 Å². The number of aromatic nitrogens is 1. The minimum atomic E-state index is -2.79.